The highest BCUT2D eigenvalue weighted by Crippen LogP contribution is 2.47. The summed E-state index contributed by atoms with van der Waals surface area (Å²) in [6.45, 7) is 51.6. The Balaban J connectivity index is 1.48. The van der Waals surface area contributed by atoms with Crippen molar-refractivity contribution in [2.24, 2.45) is 0 Å². The van der Waals surface area contributed by atoms with E-state index in [-0.39, 0.29) is 56.3 Å². The van der Waals surface area contributed by atoms with Crippen LogP contribution in [0.15, 0.2) is 91.0 Å². The van der Waals surface area contributed by atoms with Gasteiger partial charge in [-0.1, -0.05) is 197 Å². The van der Waals surface area contributed by atoms with E-state index < -0.39 is 0 Å². The minimum Gasteiger partial charge on any atom is -0.493 e. The average Bonchev–Trinajstić information content (AvgIpc) is 0.780. The van der Waals surface area contributed by atoms with Crippen molar-refractivity contribution < 1.29 is 33.3 Å². The van der Waals surface area contributed by atoms with Crippen LogP contribution in [0, 0.1) is 10.1 Å². The van der Waals surface area contributed by atoms with Crippen LogP contribution in [0.5, 0.6) is 34.5 Å². The molecule has 0 aromatic heterocycles. The lowest BCUT2D eigenvalue weighted by Crippen LogP contribution is -2.18. The number of nitrogens with zero attached hydrogens (tertiary/aromatic N) is 1. The maximum atomic E-state index is 12.9. The minimum absolute atomic E-state index is 0.00968. The molecule has 0 spiro atoms. The summed E-state index contributed by atoms with van der Waals surface area (Å²) in [7, 11) is 0. The van der Waals surface area contributed by atoms with Gasteiger partial charge in [0.1, 0.15) is 47.7 Å². The van der Waals surface area contributed by atoms with Gasteiger partial charge in [-0.2, -0.15) is 0 Å². The van der Waals surface area contributed by atoms with Crippen LogP contribution in [0.1, 0.15) is 264 Å². The van der Waals surface area contributed by atoms with Gasteiger partial charge >= 0.3 is 0 Å². The van der Waals surface area contributed by atoms with E-state index in [0.717, 1.165) is 101 Å². The average molecular weight is 1230 g/mol. The van der Waals surface area contributed by atoms with Gasteiger partial charge in [0.25, 0.3) is 5.69 Å². The molecule has 9 rings (SSSR count). The van der Waals surface area contributed by atoms with Gasteiger partial charge in [-0.3, -0.25) is 10.1 Å². The van der Waals surface area contributed by atoms with Crippen molar-refractivity contribution in [2.45, 2.75) is 237 Å². The first-order valence-corrected chi connectivity index (χ1v) is 33.5. The second-order valence-corrected chi connectivity index (χ2v) is 31.9. The third kappa shape index (κ3) is 15.5. The number of non-ortho nitro benzene ring substituents is 1. The molecule has 0 N–H and O–H groups in total. The molecule has 0 saturated carbocycles. The van der Waals surface area contributed by atoms with Crippen LogP contribution in [0.3, 0.4) is 0 Å². The van der Waals surface area contributed by atoms with Gasteiger partial charge in [-0.25, -0.2) is 0 Å². The second kappa shape index (κ2) is 26.0. The van der Waals surface area contributed by atoms with E-state index >= 15 is 0 Å². The number of benzene rings is 7. The predicted octanol–water partition coefficient (Wildman–Crippen LogP) is 20.3. The van der Waals surface area contributed by atoms with Crippen LogP contribution in [0.25, 0.3) is 0 Å². The first-order chi connectivity index (χ1) is 42.5. The van der Waals surface area contributed by atoms with Gasteiger partial charge in [0.2, 0.25) is 0 Å². The number of nitro benzene ring substituents is 1. The monoisotopic (exact) mass is 1230 g/mol. The molecule has 0 fully saturated rings. The summed E-state index contributed by atoms with van der Waals surface area (Å²) >= 11 is 0. The summed E-state index contributed by atoms with van der Waals surface area (Å²) in [5, 5.41) is 12.9. The van der Waals surface area contributed by atoms with Crippen molar-refractivity contribution in [3.8, 4) is 34.5 Å². The lowest BCUT2D eigenvalue weighted by Gasteiger charge is -2.29. The molecule has 9 heteroatoms. The Labute approximate surface area is 546 Å². The van der Waals surface area contributed by atoms with Crippen molar-refractivity contribution in [1.29, 1.82) is 0 Å². The summed E-state index contributed by atoms with van der Waals surface area (Å²) in [6, 6.07) is 33.6. The topological polar surface area (TPSA) is 98.5 Å². The molecule has 0 unspecified atom stereocenters. The van der Waals surface area contributed by atoms with Crippen LogP contribution in [-0.2, 0) is 84.2 Å². The molecule has 91 heavy (non-hydrogen) atoms. The SMILES string of the molecule is CCOc1c2cc(C(C)(C)C)cc1Cc1cc(C(C)(C)C)cc(c1OCC)Cc1cc(C(C)(C)C)cc3c1OCc1cc(cc([N+](=O)[O-])c1)COc1c(cc(C(C)(C)C)cc1C3)Cc1cc(C(C)(C)C)cc(c1OCC)Cc1cc(C(C)(C)C)cc(c1OCC)C2. The zero-order valence-corrected chi connectivity index (χ0v) is 59.4. The molecule has 0 atom stereocenters. The third-order valence-corrected chi connectivity index (χ3v) is 18.1. The Hall–Kier alpha value is -7.26. The van der Waals surface area contributed by atoms with Crippen molar-refractivity contribution in [1.82, 2.24) is 0 Å². The highest BCUT2D eigenvalue weighted by Gasteiger charge is 2.32. The quantitative estimate of drug-likeness (QED) is 0.104. The number of rotatable bonds is 9. The van der Waals surface area contributed by atoms with E-state index in [2.05, 4.69) is 225 Å². The van der Waals surface area contributed by atoms with Crippen molar-refractivity contribution in [3.05, 3.63) is 212 Å². The van der Waals surface area contributed by atoms with Gasteiger partial charge in [-0.05, 0) is 178 Å². The van der Waals surface area contributed by atoms with Crippen LogP contribution in [-0.4, -0.2) is 31.4 Å². The van der Waals surface area contributed by atoms with E-state index in [1.165, 1.54) is 33.4 Å². The highest BCUT2D eigenvalue weighted by molar-refractivity contribution is 5.62. The van der Waals surface area contributed by atoms with Crippen LogP contribution in [0.4, 0.5) is 5.69 Å². The fourth-order valence-electron chi connectivity index (χ4n) is 12.9. The molecular formula is C82H105NO8. The smallest absolute Gasteiger partial charge is 0.270 e. The lowest BCUT2D eigenvalue weighted by molar-refractivity contribution is -0.385. The van der Waals surface area contributed by atoms with Gasteiger partial charge in [0.15, 0.2) is 0 Å². The maximum absolute atomic E-state index is 12.9. The van der Waals surface area contributed by atoms with Gasteiger partial charge in [0, 0.05) is 50.7 Å². The molecule has 486 valence electrons. The van der Waals surface area contributed by atoms with Gasteiger partial charge in [-0.15, -0.1) is 0 Å². The summed E-state index contributed by atoms with van der Waals surface area (Å²) in [5.41, 5.74) is 19.9. The first kappa shape index (κ1) is 68.1. The Morgan fingerprint density at radius 1 is 0.319 bits per heavy atom. The standard InChI is InChI=1S/C82H105NO8/c1-23-86-71-52-30-53-37-65(78(8,9)10)39-55(72(53)87-24-2)32-57-41-67(80(14,15)16)43-59(74(57)89-26-4)34-61-45-69(82(20,21)22)47-63-35-62-46-68(81(17,18)19)44-60(75(62)90-48-50-27-51(49-91-76(61)63)29-70(28-50)83(84)85)33-58-42-66(79(11,12)13)40-56(73(58)88-25-3)31-54(71)38-64(36-52)77(5,6)7/h27-29,36-47H,23-26,30-35,48-49H2,1-22H3. The van der Waals surface area contributed by atoms with Crippen LogP contribution >= 0.6 is 0 Å². The number of nitro groups is 1. The van der Waals surface area contributed by atoms with E-state index in [1.54, 1.807) is 12.1 Å². The largest absolute Gasteiger partial charge is 0.493 e. The van der Waals surface area contributed by atoms with E-state index in [0.29, 0.717) is 76.1 Å². The van der Waals surface area contributed by atoms with Crippen molar-refractivity contribution >= 4 is 5.69 Å². The van der Waals surface area contributed by atoms with E-state index in [9.17, 15) is 10.1 Å². The van der Waals surface area contributed by atoms with Crippen molar-refractivity contribution in [3.63, 3.8) is 0 Å². The Kier molecular flexibility index (Phi) is 19.5. The summed E-state index contributed by atoms with van der Waals surface area (Å²) in [6.07, 6.45) is 3.15. The first-order valence-electron chi connectivity index (χ1n) is 33.5. The van der Waals surface area contributed by atoms with E-state index in [4.69, 9.17) is 28.4 Å². The number of ether oxygens (including phenoxy) is 6. The molecule has 7 aromatic carbocycles. The maximum Gasteiger partial charge on any atom is 0.270 e. The molecule has 2 aliphatic rings. The number of hydrogen-bond donors (Lipinski definition) is 0. The van der Waals surface area contributed by atoms with Crippen molar-refractivity contribution in [2.75, 3.05) is 26.4 Å². The predicted molar refractivity (Wildman–Crippen MR) is 374 cm³/mol. The zero-order valence-electron chi connectivity index (χ0n) is 59.4. The summed E-state index contributed by atoms with van der Waals surface area (Å²) in [5.74, 6) is 4.98. The number of fused-ring (bicyclic) bond motifs is 10. The molecule has 7 aromatic rings. The molecule has 1 heterocycles. The Bertz CT molecular complexity index is 3620. The fourth-order valence-corrected chi connectivity index (χ4v) is 12.9. The molecule has 1 aliphatic carbocycles. The molecular weight excluding hydrogens is 1130 g/mol. The number of hydrogen-bond acceptors (Lipinski definition) is 8. The zero-order chi connectivity index (χ0) is 66.5. The molecule has 0 amide bonds. The molecule has 16 bridgehead atoms. The molecule has 0 saturated heterocycles. The third-order valence-electron chi connectivity index (χ3n) is 18.1. The molecule has 9 nitrogen and oxygen atoms in total. The highest BCUT2D eigenvalue weighted by atomic mass is 16.6. The second-order valence-electron chi connectivity index (χ2n) is 31.9. The van der Waals surface area contributed by atoms with Crippen LogP contribution in [0.2, 0.25) is 0 Å². The Morgan fingerprint density at radius 3 is 0.692 bits per heavy atom. The minimum atomic E-state index is -0.315. The van der Waals surface area contributed by atoms with Gasteiger partial charge < -0.3 is 28.4 Å². The lowest BCUT2D eigenvalue weighted by atomic mass is 9.79. The Morgan fingerprint density at radius 2 is 0.505 bits per heavy atom. The summed E-state index contributed by atoms with van der Waals surface area (Å²) in [4.78, 5) is 12.6. The fraction of sp³-hybridized carbons (Fsp3) is 0.488. The molecule has 0 radical (unpaired) electrons. The summed E-state index contributed by atoms with van der Waals surface area (Å²) < 4.78 is 42.8. The van der Waals surface area contributed by atoms with Gasteiger partial charge in [0.05, 0.1) is 31.4 Å². The van der Waals surface area contributed by atoms with Crippen LogP contribution < -0.4 is 28.4 Å². The molecule has 1 aliphatic heterocycles. The van der Waals surface area contributed by atoms with E-state index in [1.807, 2.05) is 6.07 Å². The normalized spacial score (nSPS) is 14.1.